The van der Waals surface area contributed by atoms with Crippen LogP contribution in [0.15, 0.2) is 0 Å². The molecule has 1 aliphatic heterocycles. The standard InChI is InChI=1S/C9H20N2O/c1-8(6-10)11-7-9-4-2-3-5-12-9/h8-9,11H,2-7,10H2,1H3/t8-,9?/m1/s1. The van der Waals surface area contributed by atoms with Crippen LogP contribution in [0.5, 0.6) is 0 Å². The van der Waals surface area contributed by atoms with Crippen LogP contribution in [0.3, 0.4) is 0 Å². The molecule has 0 radical (unpaired) electrons. The minimum absolute atomic E-state index is 0.413. The van der Waals surface area contributed by atoms with Crippen molar-refractivity contribution < 1.29 is 4.74 Å². The zero-order chi connectivity index (χ0) is 8.81. The van der Waals surface area contributed by atoms with E-state index in [4.69, 9.17) is 10.5 Å². The third-order valence-corrected chi connectivity index (χ3v) is 2.32. The van der Waals surface area contributed by atoms with Gasteiger partial charge < -0.3 is 15.8 Å². The molecule has 12 heavy (non-hydrogen) atoms. The van der Waals surface area contributed by atoms with E-state index in [1.54, 1.807) is 0 Å². The Balaban J connectivity index is 2.05. The summed E-state index contributed by atoms with van der Waals surface area (Å²) in [6, 6.07) is 0.413. The maximum Gasteiger partial charge on any atom is 0.0699 e. The van der Waals surface area contributed by atoms with Gasteiger partial charge in [-0.25, -0.2) is 0 Å². The molecular formula is C9H20N2O. The first kappa shape index (κ1) is 9.96. The molecule has 0 saturated carbocycles. The highest BCUT2D eigenvalue weighted by Crippen LogP contribution is 2.11. The van der Waals surface area contributed by atoms with Crippen LogP contribution in [0.4, 0.5) is 0 Å². The number of nitrogens with one attached hydrogen (secondary N) is 1. The van der Waals surface area contributed by atoms with Crippen LogP contribution in [0.2, 0.25) is 0 Å². The fourth-order valence-electron chi connectivity index (χ4n) is 1.38. The molecule has 72 valence electrons. The van der Waals surface area contributed by atoms with Crippen LogP contribution in [-0.2, 0) is 4.74 Å². The fraction of sp³-hybridized carbons (Fsp3) is 1.00. The molecule has 0 aliphatic carbocycles. The molecule has 0 aromatic carbocycles. The maximum absolute atomic E-state index is 5.57. The molecule has 3 N–H and O–H groups in total. The van der Waals surface area contributed by atoms with Crippen LogP contribution >= 0.6 is 0 Å². The Kier molecular flexibility index (Phi) is 4.58. The molecule has 1 heterocycles. The number of hydrogen-bond acceptors (Lipinski definition) is 3. The molecule has 0 aromatic rings. The molecule has 1 saturated heterocycles. The van der Waals surface area contributed by atoms with Crippen molar-refractivity contribution in [1.29, 1.82) is 0 Å². The monoisotopic (exact) mass is 172 g/mol. The van der Waals surface area contributed by atoms with Crippen molar-refractivity contribution >= 4 is 0 Å². The summed E-state index contributed by atoms with van der Waals surface area (Å²) < 4.78 is 5.57. The Hall–Kier alpha value is -0.120. The lowest BCUT2D eigenvalue weighted by molar-refractivity contribution is 0.0158. The highest BCUT2D eigenvalue weighted by Gasteiger charge is 2.13. The third-order valence-electron chi connectivity index (χ3n) is 2.32. The van der Waals surface area contributed by atoms with Gasteiger partial charge in [0.25, 0.3) is 0 Å². The molecular weight excluding hydrogens is 152 g/mol. The van der Waals surface area contributed by atoms with E-state index in [2.05, 4.69) is 12.2 Å². The molecule has 0 amide bonds. The molecule has 0 spiro atoms. The second-order valence-corrected chi connectivity index (χ2v) is 3.53. The van der Waals surface area contributed by atoms with Crippen molar-refractivity contribution in [3.63, 3.8) is 0 Å². The van der Waals surface area contributed by atoms with Gasteiger partial charge in [0.1, 0.15) is 0 Å². The van der Waals surface area contributed by atoms with Crippen LogP contribution in [0.25, 0.3) is 0 Å². The molecule has 3 heteroatoms. The average molecular weight is 172 g/mol. The van der Waals surface area contributed by atoms with Crippen molar-refractivity contribution in [3.8, 4) is 0 Å². The van der Waals surface area contributed by atoms with Gasteiger partial charge in [-0.3, -0.25) is 0 Å². The predicted octanol–water partition coefficient (Wildman–Crippen LogP) is 0.492. The first-order valence-corrected chi connectivity index (χ1v) is 4.88. The van der Waals surface area contributed by atoms with Crippen LogP contribution in [0, 0.1) is 0 Å². The number of ether oxygens (including phenoxy) is 1. The quantitative estimate of drug-likeness (QED) is 0.649. The van der Waals surface area contributed by atoms with E-state index >= 15 is 0 Å². The fourth-order valence-corrected chi connectivity index (χ4v) is 1.38. The maximum atomic E-state index is 5.57. The van der Waals surface area contributed by atoms with Gasteiger partial charge in [-0.05, 0) is 26.2 Å². The normalized spacial score (nSPS) is 27.0. The molecule has 0 bridgehead atoms. The molecule has 1 rings (SSSR count). The summed E-state index contributed by atoms with van der Waals surface area (Å²) in [6.45, 7) is 4.69. The van der Waals surface area contributed by atoms with E-state index in [0.29, 0.717) is 18.7 Å². The van der Waals surface area contributed by atoms with Gasteiger partial charge in [0.15, 0.2) is 0 Å². The van der Waals surface area contributed by atoms with E-state index in [1.807, 2.05) is 0 Å². The summed E-state index contributed by atoms with van der Waals surface area (Å²) in [5.74, 6) is 0. The summed E-state index contributed by atoms with van der Waals surface area (Å²) in [5, 5.41) is 3.35. The lowest BCUT2D eigenvalue weighted by Crippen LogP contribution is -2.40. The topological polar surface area (TPSA) is 47.3 Å². The molecule has 2 atom stereocenters. The first-order valence-electron chi connectivity index (χ1n) is 4.88. The smallest absolute Gasteiger partial charge is 0.0699 e. The second kappa shape index (κ2) is 5.51. The van der Waals surface area contributed by atoms with Crippen molar-refractivity contribution in [1.82, 2.24) is 5.32 Å². The predicted molar refractivity (Wildman–Crippen MR) is 50.1 cm³/mol. The van der Waals surface area contributed by atoms with Crippen molar-refractivity contribution in [2.45, 2.75) is 38.3 Å². The van der Waals surface area contributed by atoms with Crippen molar-refractivity contribution in [2.75, 3.05) is 19.7 Å². The van der Waals surface area contributed by atoms with E-state index in [0.717, 1.165) is 13.2 Å². The van der Waals surface area contributed by atoms with Gasteiger partial charge in [-0.1, -0.05) is 0 Å². The molecule has 0 aromatic heterocycles. The zero-order valence-corrected chi connectivity index (χ0v) is 7.88. The SMILES string of the molecule is C[C@H](CN)NCC1CCCCO1. The van der Waals surface area contributed by atoms with Gasteiger partial charge in [-0.15, -0.1) is 0 Å². The first-order chi connectivity index (χ1) is 5.83. The Morgan fingerprint density at radius 1 is 1.58 bits per heavy atom. The Labute approximate surface area is 74.7 Å². The van der Waals surface area contributed by atoms with Crippen LogP contribution in [-0.4, -0.2) is 31.8 Å². The Morgan fingerprint density at radius 2 is 2.42 bits per heavy atom. The second-order valence-electron chi connectivity index (χ2n) is 3.53. The molecule has 1 unspecified atom stereocenters. The van der Waals surface area contributed by atoms with Crippen molar-refractivity contribution in [3.05, 3.63) is 0 Å². The lowest BCUT2D eigenvalue weighted by atomic mass is 10.1. The summed E-state index contributed by atoms with van der Waals surface area (Å²) in [6.07, 6.45) is 4.16. The average Bonchev–Trinajstić information content (AvgIpc) is 2.16. The Bertz CT molecular complexity index is 113. The Morgan fingerprint density at radius 3 is 3.00 bits per heavy atom. The van der Waals surface area contributed by atoms with E-state index in [-0.39, 0.29) is 0 Å². The van der Waals surface area contributed by atoms with Gasteiger partial charge in [0, 0.05) is 25.7 Å². The van der Waals surface area contributed by atoms with Crippen molar-refractivity contribution in [2.24, 2.45) is 5.73 Å². The van der Waals surface area contributed by atoms with E-state index in [9.17, 15) is 0 Å². The largest absolute Gasteiger partial charge is 0.377 e. The van der Waals surface area contributed by atoms with Gasteiger partial charge in [-0.2, -0.15) is 0 Å². The van der Waals surface area contributed by atoms with Gasteiger partial charge in [0.2, 0.25) is 0 Å². The van der Waals surface area contributed by atoms with Crippen LogP contribution < -0.4 is 11.1 Å². The molecule has 1 aliphatic rings. The number of nitrogens with two attached hydrogens (primary N) is 1. The number of rotatable bonds is 4. The minimum Gasteiger partial charge on any atom is -0.377 e. The molecule has 1 fully saturated rings. The third kappa shape index (κ3) is 3.52. The van der Waals surface area contributed by atoms with E-state index in [1.165, 1.54) is 19.3 Å². The lowest BCUT2D eigenvalue weighted by Gasteiger charge is -2.24. The summed E-state index contributed by atoms with van der Waals surface area (Å²) >= 11 is 0. The summed E-state index contributed by atoms with van der Waals surface area (Å²) in [4.78, 5) is 0. The highest BCUT2D eigenvalue weighted by molar-refractivity contribution is 4.69. The molecule has 3 nitrogen and oxygen atoms in total. The highest BCUT2D eigenvalue weighted by atomic mass is 16.5. The van der Waals surface area contributed by atoms with Gasteiger partial charge >= 0.3 is 0 Å². The summed E-state index contributed by atoms with van der Waals surface area (Å²) in [7, 11) is 0. The summed E-state index contributed by atoms with van der Waals surface area (Å²) in [5.41, 5.74) is 5.48. The van der Waals surface area contributed by atoms with Gasteiger partial charge in [0.05, 0.1) is 6.10 Å². The number of hydrogen-bond donors (Lipinski definition) is 2. The van der Waals surface area contributed by atoms with Crippen LogP contribution in [0.1, 0.15) is 26.2 Å². The zero-order valence-electron chi connectivity index (χ0n) is 7.88. The minimum atomic E-state index is 0.413. The van der Waals surface area contributed by atoms with E-state index < -0.39 is 0 Å².